The molecule has 0 amide bonds. The van der Waals surface area contributed by atoms with E-state index in [-0.39, 0.29) is 0 Å². The minimum absolute atomic E-state index is 0.592. The van der Waals surface area contributed by atoms with Crippen LogP contribution in [0.4, 0.5) is 0 Å². The fraction of sp³-hybridized carbons (Fsp3) is 0.562. The van der Waals surface area contributed by atoms with Crippen LogP contribution in [0.15, 0.2) is 30.6 Å². The van der Waals surface area contributed by atoms with E-state index >= 15 is 0 Å². The number of hydrogen-bond acceptors (Lipinski definition) is 3. The summed E-state index contributed by atoms with van der Waals surface area (Å²) in [5, 5.41) is 3.71. The highest BCUT2D eigenvalue weighted by Gasteiger charge is 2.36. The molecule has 106 valence electrons. The third-order valence-electron chi connectivity index (χ3n) is 4.70. The monoisotopic (exact) mass is 270 g/mol. The van der Waals surface area contributed by atoms with E-state index in [2.05, 4.69) is 46.1 Å². The highest BCUT2D eigenvalue weighted by Crippen LogP contribution is 2.34. The molecular weight excluding hydrogens is 248 g/mol. The third-order valence-corrected chi connectivity index (χ3v) is 4.70. The molecular formula is C16H22N4. The zero-order valence-electron chi connectivity index (χ0n) is 12.0. The second-order valence-corrected chi connectivity index (χ2v) is 6.33. The molecule has 2 fully saturated rings. The van der Waals surface area contributed by atoms with Gasteiger partial charge in [-0.05, 0) is 37.8 Å². The first-order valence-electron chi connectivity index (χ1n) is 7.69. The molecule has 0 radical (unpaired) electrons. The van der Waals surface area contributed by atoms with Crippen molar-refractivity contribution in [2.24, 2.45) is 5.92 Å². The zero-order valence-corrected chi connectivity index (χ0v) is 12.0. The van der Waals surface area contributed by atoms with Gasteiger partial charge >= 0.3 is 0 Å². The molecule has 0 bridgehead atoms. The SMILES string of the molecule is CC1CNC(C2CC2)CN1Cc1cn2ccccc2n1. The van der Waals surface area contributed by atoms with Crippen LogP contribution < -0.4 is 5.32 Å². The molecule has 2 aromatic rings. The van der Waals surface area contributed by atoms with Gasteiger partial charge in [-0.15, -0.1) is 0 Å². The van der Waals surface area contributed by atoms with Gasteiger partial charge in [-0.3, -0.25) is 4.90 Å². The summed E-state index contributed by atoms with van der Waals surface area (Å²) < 4.78 is 2.11. The Bertz CT molecular complexity index is 568. The normalized spacial score (nSPS) is 28.1. The maximum Gasteiger partial charge on any atom is 0.137 e. The van der Waals surface area contributed by atoms with E-state index in [1.54, 1.807) is 0 Å². The van der Waals surface area contributed by atoms with E-state index in [0.717, 1.165) is 24.7 Å². The van der Waals surface area contributed by atoms with E-state index in [9.17, 15) is 0 Å². The van der Waals surface area contributed by atoms with Crippen molar-refractivity contribution >= 4 is 5.65 Å². The third kappa shape index (κ3) is 2.34. The average Bonchev–Trinajstić information content (AvgIpc) is 3.21. The van der Waals surface area contributed by atoms with Crippen molar-refractivity contribution in [2.45, 2.75) is 38.4 Å². The second kappa shape index (κ2) is 4.86. The standard InChI is InChI=1S/C16H22N4/c1-12-8-17-15(13-5-6-13)11-20(12)10-14-9-19-7-3-2-4-16(19)18-14/h2-4,7,9,12-13,15,17H,5-6,8,10-11H2,1H3. The minimum atomic E-state index is 0.592. The molecule has 0 aromatic carbocycles. The molecule has 1 N–H and O–H groups in total. The van der Waals surface area contributed by atoms with Crippen LogP contribution >= 0.6 is 0 Å². The Morgan fingerprint density at radius 3 is 3.05 bits per heavy atom. The number of rotatable bonds is 3. The molecule has 4 nitrogen and oxygen atoms in total. The molecule has 2 unspecified atom stereocenters. The Morgan fingerprint density at radius 2 is 2.25 bits per heavy atom. The Morgan fingerprint density at radius 1 is 1.35 bits per heavy atom. The van der Waals surface area contributed by atoms with Gasteiger partial charge in [-0.25, -0.2) is 4.98 Å². The lowest BCUT2D eigenvalue weighted by Gasteiger charge is -2.38. The molecule has 2 aliphatic rings. The molecule has 0 spiro atoms. The van der Waals surface area contributed by atoms with Crippen molar-refractivity contribution < 1.29 is 0 Å². The predicted molar refractivity (Wildman–Crippen MR) is 79.6 cm³/mol. The van der Waals surface area contributed by atoms with Crippen molar-refractivity contribution in [3.63, 3.8) is 0 Å². The second-order valence-electron chi connectivity index (χ2n) is 6.33. The van der Waals surface area contributed by atoms with Crippen LogP contribution in [-0.4, -0.2) is 39.5 Å². The van der Waals surface area contributed by atoms with Crippen molar-refractivity contribution in [3.8, 4) is 0 Å². The number of pyridine rings is 1. The van der Waals surface area contributed by atoms with Gasteiger partial charge in [-0.1, -0.05) is 6.07 Å². The maximum atomic E-state index is 4.73. The summed E-state index contributed by atoms with van der Waals surface area (Å²) in [4.78, 5) is 7.31. The van der Waals surface area contributed by atoms with Crippen molar-refractivity contribution in [3.05, 3.63) is 36.3 Å². The molecule has 1 aliphatic heterocycles. The van der Waals surface area contributed by atoms with Crippen LogP contribution in [0.5, 0.6) is 0 Å². The lowest BCUT2D eigenvalue weighted by atomic mass is 10.1. The predicted octanol–water partition coefficient (Wildman–Crippen LogP) is 1.91. The molecule has 4 heteroatoms. The first-order chi connectivity index (χ1) is 9.79. The Labute approximate surface area is 119 Å². The van der Waals surface area contributed by atoms with Crippen LogP contribution in [0.2, 0.25) is 0 Å². The van der Waals surface area contributed by atoms with E-state index in [0.29, 0.717) is 12.1 Å². The van der Waals surface area contributed by atoms with Gasteiger partial charge in [0.2, 0.25) is 0 Å². The van der Waals surface area contributed by atoms with E-state index < -0.39 is 0 Å². The van der Waals surface area contributed by atoms with Gasteiger partial charge in [-0.2, -0.15) is 0 Å². The summed E-state index contributed by atoms with van der Waals surface area (Å²) in [6.45, 7) is 5.55. The first kappa shape index (κ1) is 12.4. The number of nitrogens with one attached hydrogen (secondary N) is 1. The van der Waals surface area contributed by atoms with Gasteiger partial charge < -0.3 is 9.72 Å². The molecule has 1 saturated carbocycles. The van der Waals surface area contributed by atoms with Gasteiger partial charge in [0.1, 0.15) is 5.65 Å². The minimum Gasteiger partial charge on any atom is -0.311 e. The van der Waals surface area contributed by atoms with Crippen LogP contribution in [-0.2, 0) is 6.54 Å². The van der Waals surface area contributed by atoms with Gasteiger partial charge in [0.15, 0.2) is 0 Å². The Kier molecular flexibility index (Phi) is 3.00. The fourth-order valence-corrected chi connectivity index (χ4v) is 3.25. The molecule has 3 heterocycles. The fourth-order valence-electron chi connectivity index (χ4n) is 3.25. The first-order valence-corrected chi connectivity index (χ1v) is 7.69. The highest BCUT2D eigenvalue weighted by molar-refractivity contribution is 5.39. The quantitative estimate of drug-likeness (QED) is 0.924. The largest absolute Gasteiger partial charge is 0.311 e. The summed E-state index contributed by atoms with van der Waals surface area (Å²) in [6, 6.07) is 7.45. The van der Waals surface area contributed by atoms with Crippen LogP contribution in [0.25, 0.3) is 5.65 Å². The lowest BCUT2D eigenvalue weighted by Crippen LogP contribution is -2.55. The van der Waals surface area contributed by atoms with Crippen LogP contribution in [0.1, 0.15) is 25.5 Å². The molecule has 20 heavy (non-hydrogen) atoms. The number of imidazole rings is 1. The van der Waals surface area contributed by atoms with Gasteiger partial charge in [0.05, 0.1) is 5.69 Å². The summed E-state index contributed by atoms with van der Waals surface area (Å²) in [5.41, 5.74) is 2.23. The highest BCUT2D eigenvalue weighted by atomic mass is 15.2. The van der Waals surface area contributed by atoms with E-state index in [1.807, 2.05) is 6.07 Å². The van der Waals surface area contributed by atoms with Gasteiger partial charge in [0, 0.05) is 44.1 Å². The Balaban J connectivity index is 1.51. The summed E-state index contributed by atoms with van der Waals surface area (Å²) >= 11 is 0. The van der Waals surface area contributed by atoms with Crippen molar-refractivity contribution in [2.75, 3.05) is 13.1 Å². The number of nitrogens with zero attached hydrogens (tertiary/aromatic N) is 3. The van der Waals surface area contributed by atoms with E-state index in [4.69, 9.17) is 4.98 Å². The number of piperazine rings is 1. The van der Waals surface area contributed by atoms with E-state index in [1.165, 1.54) is 25.1 Å². The molecule has 4 rings (SSSR count). The summed E-state index contributed by atoms with van der Waals surface area (Å²) in [7, 11) is 0. The Hall–Kier alpha value is -1.39. The van der Waals surface area contributed by atoms with Crippen molar-refractivity contribution in [1.82, 2.24) is 19.6 Å². The zero-order chi connectivity index (χ0) is 13.5. The van der Waals surface area contributed by atoms with Crippen molar-refractivity contribution in [1.29, 1.82) is 0 Å². The smallest absolute Gasteiger partial charge is 0.137 e. The number of aromatic nitrogens is 2. The lowest BCUT2D eigenvalue weighted by molar-refractivity contribution is 0.124. The van der Waals surface area contributed by atoms with Crippen LogP contribution in [0.3, 0.4) is 0 Å². The molecule has 2 aromatic heterocycles. The number of hydrogen-bond donors (Lipinski definition) is 1. The summed E-state index contributed by atoms with van der Waals surface area (Å²) in [5.74, 6) is 0.922. The molecule has 1 aliphatic carbocycles. The maximum absolute atomic E-state index is 4.73. The number of fused-ring (bicyclic) bond motifs is 1. The topological polar surface area (TPSA) is 32.6 Å². The molecule has 2 atom stereocenters. The summed E-state index contributed by atoms with van der Waals surface area (Å²) in [6.07, 6.45) is 7.05. The average molecular weight is 270 g/mol. The molecule has 1 saturated heterocycles. The van der Waals surface area contributed by atoms with Gasteiger partial charge in [0.25, 0.3) is 0 Å². The van der Waals surface area contributed by atoms with Crippen LogP contribution in [0, 0.1) is 5.92 Å².